The number of nitrogens with one attached hydrogen (secondary N) is 5. The van der Waals surface area contributed by atoms with Gasteiger partial charge in [0.15, 0.2) is 17.4 Å². The zero-order valence-corrected chi connectivity index (χ0v) is 17.3. The van der Waals surface area contributed by atoms with Gasteiger partial charge >= 0.3 is 6.03 Å². The Labute approximate surface area is 186 Å². The van der Waals surface area contributed by atoms with Crippen molar-refractivity contribution in [3.63, 3.8) is 0 Å². The van der Waals surface area contributed by atoms with Gasteiger partial charge in [0, 0.05) is 47.2 Å². The van der Waals surface area contributed by atoms with Crippen LogP contribution in [0, 0.1) is 23.0 Å². The third kappa shape index (κ3) is 4.93. The number of ether oxygens (including phenoxy) is 1. The van der Waals surface area contributed by atoms with Gasteiger partial charge in [-0.3, -0.25) is 0 Å². The maximum absolute atomic E-state index is 14.5. The molecule has 1 aromatic carbocycles. The van der Waals surface area contributed by atoms with Gasteiger partial charge in [-0.25, -0.2) is 24.0 Å². The molecule has 3 heterocycles. The molecule has 1 atom stereocenters. The van der Waals surface area contributed by atoms with E-state index in [2.05, 4.69) is 31.5 Å². The molecule has 0 spiro atoms. The number of carbonyl (C=O) groups excluding carboxylic acids is 1. The maximum Gasteiger partial charge on any atom is 0.319 e. The van der Waals surface area contributed by atoms with E-state index in [9.17, 15) is 18.8 Å². The first-order valence-corrected chi connectivity index (χ1v) is 9.81. The van der Waals surface area contributed by atoms with E-state index in [1.165, 1.54) is 18.5 Å². The quantitative estimate of drug-likeness (QED) is 0.395. The minimum atomic E-state index is -1.02. The number of urea groups is 1. The fraction of sp³-hybridized carbons (Fsp3) is 0.190. The summed E-state index contributed by atoms with van der Waals surface area (Å²) in [5, 5.41) is 14.5. The molecule has 4 rings (SSSR count). The molecule has 0 saturated carbocycles. The topological polar surface area (TPSA) is 127 Å². The van der Waals surface area contributed by atoms with Crippen molar-refractivity contribution in [2.45, 2.75) is 19.9 Å². The van der Waals surface area contributed by atoms with Crippen LogP contribution in [0.2, 0.25) is 0 Å². The highest BCUT2D eigenvalue weighted by Gasteiger charge is 2.18. The average molecular weight is 447 g/mol. The molecule has 0 aliphatic carbocycles. The number of pyridine rings is 1. The SMILES string of the molecule is CC.N#Cc1c[nH]c2nccc(Oc3c(F)cc(NC(=O)NCC4C=CNN4)cc3F)c12.[HH].[HH].[HH]. The van der Waals surface area contributed by atoms with Crippen LogP contribution in [0.4, 0.5) is 19.3 Å². The number of hydrogen-bond acceptors (Lipinski definition) is 6. The second kappa shape index (κ2) is 10.2. The Kier molecular flexibility index (Phi) is 7.20. The van der Waals surface area contributed by atoms with Gasteiger partial charge in [-0.1, -0.05) is 13.8 Å². The van der Waals surface area contributed by atoms with E-state index in [1.54, 1.807) is 6.20 Å². The van der Waals surface area contributed by atoms with Crippen molar-refractivity contribution in [2.75, 3.05) is 11.9 Å². The zero-order valence-electron chi connectivity index (χ0n) is 17.3. The molecule has 1 aliphatic heterocycles. The highest BCUT2D eigenvalue weighted by Crippen LogP contribution is 2.34. The first-order valence-electron chi connectivity index (χ1n) is 9.81. The summed E-state index contributed by atoms with van der Waals surface area (Å²) < 4.78 is 34.5. The summed E-state index contributed by atoms with van der Waals surface area (Å²) >= 11 is 0. The Balaban J connectivity index is 0.00000225. The van der Waals surface area contributed by atoms with Crippen molar-refractivity contribution in [1.82, 2.24) is 26.1 Å². The lowest BCUT2D eigenvalue weighted by Crippen LogP contribution is -2.41. The second-order valence-electron chi connectivity index (χ2n) is 6.31. The average Bonchev–Trinajstić information content (AvgIpc) is 3.46. The number of anilines is 1. The number of carbonyl (C=O) groups is 1. The number of H-pyrrole nitrogens is 1. The van der Waals surface area contributed by atoms with Crippen molar-refractivity contribution in [3.8, 4) is 17.6 Å². The van der Waals surface area contributed by atoms with Gasteiger partial charge in [0.25, 0.3) is 0 Å². The Morgan fingerprint density at radius 1 is 1.34 bits per heavy atom. The Hall–Kier alpha value is -4.17. The minimum Gasteiger partial charge on any atom is -0.450 e. The van der Waals surface area contributed by atoms with Crippen LogP contribution >= 0.6 is 0 Å². The number of benzene rings is 1. The lowest BCUT2D eigenvalue weighted by molar-refractivity contribution is 0.251. The molecule has 0 radical (unpaired) electrons. The van der Waals surface area contributed by atoms with E-state index in [-0.39, 0.29) is 33.9 Å². The van der Waals surface area contributed by atoms with Gasteiger partial charge in [0.1, 0.15) is 17.5 Å². The molecule has 1 unspecified atom stereocenters. The van der Waals surface area contributed by atoms with E-state index < -0.39 is 23.4 Å². The van der Waals surface area contributed by atoms with Gasteiger partial charge in [0.05, 0.1) is 17.0 Å². The van der Waals surface area contributed by atoms with Crippen LogP contribution in [-0.2, 0) is 0 Å². The largest absolute Gasteiger partial charge is 0.450 e. The molecule has 2 amide bonds. The molecule has 3 aromatic rings. The van der Waals surface area contributed by atoms with E-state index in [4.69, 9.17) is 4.74 Å². The van der Waals surface area contributed by atoms with Crippen LogP contribution < -0.4 is 26.2 Å². The van der Waals surface area contributed by atoms with Crippen molar-refractivity contribution in [2.24, 2.45) is 0 Å². The van der Waals surface area contributed by atoms with Gasteiger partial charge in [-0.2, -0.15) is 5.26 Å². The number of hydrogen-bond donors (Lipinski definition) is 5. The predicted molar refractivity (Wildman–Crippen MR) is 121 cm³/mol. The number of hydrazine groups is 1. The number of amides is 2. The summed E-state index contributed by atoms with van der Waals surface area (Å²) in [7, 11) is 0. The molecule has 0 saturated heterocycles. The summed E-state index contributed by atoms with van der Waals surface area (Å²) in [6, 6.07) is 4.53. The van der Waals surface area contributed by atoms with Crippen molar-refractivity contribution in [3.05, 3.63) is 60.1 Å². The molecule has 9 nitrogen and oxygen atoms in total. The third-order valence-corrected chi connectivity index (χ3v) is 4.29. The molecule has 0 fully saturated rings. The van der Waals surface area contributed by atoms with Crippen LogP contribution in [0.3, 0.4) is 0 Å². The molecule has 1 aliphatic rings. The van der Waals surface area contributed by atoms with Crippen LogP contribution in [-0.4, -0.2) is 28.6 Å². The molecule has 0 bridgehead atoms. The monoisotopic (exact) mass is 447 g/mol. The maximum atomic E-state index is 14.5. The molecule has 2 aromatic heterocycles. The normalized spacial score (nSPS) is 14.2. The number of aromatic nitrogens is 2. The molecule has 32 heavy (non-hydrogen) atoms. The Bertz CT molecular complexity index is 1180. The van der Waals surface area contributed by atoms with Gasteiger partial charge < -0.3 is 25.8 Å². The molecule has 5 N–H and O–H groups in total. The Morgan fingerprint density at radius 2 is 2.09 bits per heavy atom. The lowest BCUT2D eigenvalue weighted by Gasteiger charge is -2.13. The number of halogens is 2. The summed E-state index contributed by atoms with van der Waals surface area (Å²) in [6.07, 6.45) is 6.31. The van der Waals surface area contributed by atoms with Gasteiger partial charge in [-0.05, 0) is 12.1 Å². The highest BCUT2D eigenvalue weighted by molar-refractivity contribution is 5.90. The first-order chi connectivity index (χ1) is 15.5. The zero-order chi connectivity index (χ0) is 23.1. The van der Waals surface area contributed by atoms with E-state index in [0.29, 0.717) is 11.0 Å². The summed E-state index contributed by atoms with van der Waals surface area (Å²) in [5.41, 5.74) is 6.14. The van der Waals surface area contributed by atoms with E-state index in [1.807, 2.05) is 26.0 Å². The lowest BCUT2D eigenvalue weighted by atomic mass is 10.2. The number of nitriles is 1. The number of aromatic amines is 1. The van der Waals surface area contributed by atoms with Crippen LogP contribution in [0.1, 0.15) is 23.7 Å². The third-order valence-electron chi connectivity index (χ3n) is 4.29. The van der Waals surface area contributed by atoms with Crippen LogP contribution in [0.25, 0.3) is 11.0 Å². The first kappa shape index (κ1) is 22.5. The fourth-order valence-corrected chi connectivity index (χ4v) is 2.90. The fourth-order valence-electron chi connectivity index (χ4n) is 2.90. The Morgan fingerprint density at radius 3 is 2.75 bits per heavy atom. The number of nitrogens with zero attached hydrogens (tertiary/aromatic N) is 2. The standard InChI is InChI=1S/C19H15F2N7O2.C2H6.3H2/c20-13-5-12(27-19(29)25-9-11-1-4-26-28-11)6-14(21)17(13)30-15-2-3-23-18-16(15)10(7-22)8-24-18;1-2;;;/h1-6,8,11,26,28H,9H2,(H,23,24)(H2,25,27,29);1-2H3;3*1H. The van der Waals surface area contributed by atoms with Crippen molar-refractivity contribution < 1.29 is 22.6 Å². The molecular formula is C21H27F2N7O2. The van der Waals surface area contributed by atoms with Gasteiger partial charge in [0.2, 0.25) is 0 Å². The summed E-state index contributed by atoms with van der Waals surface area (Å²) in [4.78, 5) is 18.8. The minimum absolute atomic E-state index is 0. The molecular weight excluding hydrogens is 420 g/mol. The molecule has 172 valence electrons. The highest BCUT2D eigenvalue weighted by atomic mass is 19.1. The smallest absolute Gasteiger partial charge is 0.319 e. The van der Waals surface area contributed by atoms with Crippen molar-refractivity contribution >= 4 is 22.8 Å². The molecule has 11 heteroatoms. The van der Waals surface area contributed by atoms with Crippen LogP contribution in [0.5, 0.6) is 11.5 Å². The number of fused-ring (bicyclic) bond motifs is 1. The van der Waals surface area contributed by atoms with E-state index in [0.717, 1.165) is 12.1 Å². The predicted octanol–water partition coefficient (Wildman–Crippen LogP) is 4.38. The van der Waals surface area contributed by atoms with Crippen LogP contribution in [0.15, 0.2) is 42.9 Å². The summed E-state index contributed by atoms with van der Waals surface area (Å²) in [5.74, 6) is -2.63. The second-order valence-corrected chi connectivity index (χ2v) is 6.31. The van der Waals surface area contributed by atoms with Gasteiger partial charge in [-0.15, -0.1) is 0 Å². The van der Waals surface area contributed by atoms with Crippen molar-refractivity contribution in [1.29, 1.82) is 5.26 Å². The number of rotatable bonds is 5. The van der Waals surface area contributed by atoms with E-state index >= 15 is 0 Å². The summed E-state index contributed by atoms with van der Waals surface area (Å²) in [6.45, 7) is 4.28.